The van der Waals surface area contributed by atoms with Crippen molar-refractivity contribution in [2.24, 2.45) is 0 Å². The monoisotopic (exact) mass is 880 g/mol. The van der Waals surface area contributed by atoms with Crippen LogP contribution in [-0.4, -0.2) is 92.5 Å². The minimum absolute atomic E-state index is 0.0644. The summed E-state index contributed by atoms with van der Waals surface area (Å²) in [6, 6.07) is 20.8. The summed E-state index contributed by atoms with van der Waals surface area (Å²) in [5.74, 6) is -6.34. The predicted octanol–water partition coefficient (Wildman–Crippen LogP) is 3.58. The van der Waals surface area contributed by atoms with Crippen molar-refractivity contribution >= 4 is 69.2 Å². The molecule has 11 N–H and O–H groups in total. The molecular weight excluding hydrogens is 845 g/mol. The molecule has 0 saturated carbocycles. The second-order valence-corrected chi connectivity index (χ2v) is 14.1. The van der Waals surface area contributed by atoms with Crippen molar-refractivity contribution in [3.63, 3.8) is 0 Å². The van der Waals surface area contributed by atoms with Gasteiger partial charge in [0.1, 0.15) is 28.8 Å². The normalized spacial score (nSPS) is 11.3. The molecule has 0 aliphatic heterocycles. The molecule has 0 fully saturated rings. The number of aliphatic hydroxyl groups is 2. The van der Waals surface area contributed by atoms with Crippen LogP contribution in [0.4, 0.5) is 22.7 Å². The molecule has 0 bridgehead atoms. The number of aromatic amines is 1. The van der Waals surface area contributed by atoms with E-state index < -0.39 is 65.9 Å². The number of pyridine rings is 2. The summed E-state index contributed by atoms with van der Waals surface area (Å²) in [7, 11) is 0. The topological polar surface area (TPSA) is 331 Å². The Kier molecular flexibility index (Phi) is 13.1. The number of carbonyl (C=O) groups is 6. The van der Waals surface area contributed by atoms with Gasteiger partial charge in [-0.2, -0.15) is 15.4 Å². The standard InChI is InChI=1S/C44H36N10O11/c55-20-30-34(13-9-28(37(30)57)41(61)50-33-14-10-29(44(64)65)38(58)31(33)21-56)51-42(62)35-12-8-26(18-46-35)49-43(63)36(17-27-19-47-54-53-27)52-39(59)22-3-6-25(7-4-22)48-40(60)24-5-11-32-23(16-24)2-1-15-45-32/h1-16,18-19,36,55-58H,17,20-21H2,(H,48,60)(H,49,63)(H,50,61)(H,51,62)(H,52,59)(H,64,65)(H,47,53,54)/t36-/m0/s1. The lowest BCUT2D eigenvalue weighted by molar-refractivity contribution is -0.118. The minimum Gasteiger partial charge on any atom is -0.507 e. The number of hydrogen-bond acceptors (Lipinski definition) is 14. The average Bonchev–Trinajstić information content (AvgIpc) is 3.82. The zero-order chi connectivity index (χ0) is 46.2. The van der Waals surface area contributed by atoms with E-state index in [-0.39, 0.29) is 57.3 Å². The second kappa shape index (κ2) is 19.3. The minimum atomic E-state index is -1.47. The van der Waals surface area contributed by atoms with Crippen molar-refractivity contribution in [2.45, 2.75) is 25.7 Å². The fourth-order valence-electron chi connectivity index (χ4n) is 6.50. The van der Waals surface area contributed by atoms with E-state index in [2.05, 4.69) is 52.0 Å². The van der Waals surface area contributed by atoms with E-state index in [1.54, 1.807) is 42.6 Å². The molecule has 3 aromatic heterocycles. The Morgan fingerprint density at radius 1 is 0.631 bits per heavy atom. The molecule has 21 nitrogen and oxygen atoms in total. The summed E-state index contributed by atoms with van der Waals surface area (Å²) in [4.78, 5) is 85.9. The number of hydrogen-bond donors (Lipinski definition) is 11. The number of nitrogens with one attached hydrogen (secondary N) is 6. The quantitative estimate of drug-likeness (QED) is 0.0701. The van der Waals surface area contributed by atoms with Crippen LogP contribution in [0, 0.1) is 0 Å². The number of carboxylic acids is 1. The maximum atomic E-state index is 13.6. The van der Waals surface area contributed by atoms with Crippen molar-refractivity contribution in [1.29, 1.82) is 0 Å². The number of phenols is 2. The van der Waals surface area contributed by atoms with Crippen molar-refractivity contribution in [1.82, 2.24) is 30.7 Å². The Bertz CT molecular complexity index is 2960. The van der Waals surface area contributed by atoms with Gasteiger partial charge in [-0.25, -0.2) is 9.78 Å². The van der Waals surface area contributed by atoms with Gasteiger partial charge in [0.2, 0.25) is 5.91 Å². The lowest BCUT2D eigenvalue weighted by Gasteiger charge is -2.18. The molecule has 7 rings (SSSR count). The number of benzene rings is 4. The lowest BCUT2D eigenvalue weighted by atomic mass is 10.0. The van der Waals surface area contributed by atoms with E-state index in [0.29, 0.717) is 16.9 Å². The SMILES string of the molecule is O=C(Nc1ccc(C(=O)N[C@@H](Cc2cn[nH]n2)C(=O)Nc2ccc(C(=O)Nc3ccc(C(=O)Nc4ccc(C(=O)O)c(O)c4CO)c(O)c3CO)nc2)cc1)c1ccc2ncccc2c1. The Labute approximate surface area is 366 Å². The van der Waals surface area contributed by atoms with Crippen molar-refractivity contribution in [2.75, 3.05) is 21.3 Å². The van der Waals surface area contributed by atoms with Crippen LogP contribution < -0.4 is 26.6 Å². The van der Waals surface area contributed by atoms with E-state index in [9.17, 15) is 54.3 Å². The molecule has 65 heavy (non-hydrogen) atoms. The third-order valence-corrected chi connectivity index (χ3v) is 9.89. The first kappa shape index (κ1) is 44.0. The Morgan fingerprint density at radius 3 is 1.94 bits per heavy atom. The van der Waals surface area contributed by atoms with E-state index >= 15 is 0 Å². The van der Waals surface area contributed by atoms with Gasteiger partial charge >= 0.3 is 5.97 Å². The summed E-state index contributed by atoms with van der Waals surface area (Å²) < 4.78 is 0. The molecule has 5 amide bonds. The third kappa shape index (κ3) is 10.0. The molecule has 0 aliphatic carbocycles. The fourth-order valence-corrected chi connectivity index (χ4v) is 6.50. The van der Waals surface area contributed by atoms with Crippen LogP contribution in [0.25, 0.3) is 10.9 Å². The van der Waals surface area contributed by atoms with Gasteiger partial charge in [-0.3, -0.25) is 29.0 Å². The first-order valence-corrected chi connectivity index (χ1v) is 19.3. The highest BCUT2D eigenvalue weighted by Gasteiger charge is 2.25. The van der Waals surface area contributed by atoms with E-state index in [4.69, 9.17) is 0 Å². The van der Waals surface area contributed by atoms with Crippen LogP contribution in [0.2, 0.25) is 0 Å². The Morgan fingerprint density at radius 2 is 1.29 bits per heavy atom. The summed E-state index contributed by atoms with van der Waals surface area (Å²) >= 11 is 0. The summed E-state index contributed by atoms with van der Waals surface area (Å²) in [5, 5.41) is 74.2. The van der Waals surface area contributed by atoms with Gasteiger partial charge in [-0.15, -0.1) is 0 Å². The zero-order valence-corrected chi connectivity index (χ0v) is 33.6. The number of carbonyl (C=O) groups excluding carboxylic acids is 5. The molecule has 0 saturated heterocycles. The van der Waals surface area contributed by atoms with Crippen LogP contribution >= 0.6 is 0 Å². The van der Waals surface area contributed by atoms with Crippen LogP contribution in [0.5, 0.6) is 11.5 Å². The molecule has 21 heteroatoms. The second-order valence-electron chi connectivity index (χ2n) is 14.1. The molecule has 0 radical (unpaired) electrons. The first-order chi connectivity index (χ1) is 31.3. The zero-order valence-electron chi connectivity index (χ0n) is 33.6. The number of aromatic hydroxyl groups is 2. The number of H-pyrrole nitrogens is 1. The number of amides is 5. The molecule has 1 atom stereocenters. The molecule has 0 unspecified atom stereocenters. The molecule has 0 aliphatic rings. The van der Waals surface area contributed by atoms with Gasteiger partial charge < -0.3 is 52.1 Å². The molecule has 328 valence electrons. The van der Waals surface area contributed by atoms with E-state index in [1.165, 1.54) is 42.7 Å². The number of aromatic nitrogens is 5. The van der Waals surface area contributed by atoms with E-state index in [0.717, 1.165) is 29.1 Å². The number of aromatic carboxylic acids is 1. The number of nitrogens with zero attached hydrogens (tertiary/aromatic N) is 4. The number of rotatable bonds is 15. The van der Waals surface area contributed by atoms with Gasteiger partial charge in [0.25, 0.3) is 23.6 Å². The fraction of sp³-hybridized carbons (Fsp3) is 0.0909. The van der Waals surface area contributed by atoms with Gasteiger partial charge in [0, 0.05) is 45.9 Å². The number of carboxylic acid groups (broad SMARTS) is 1. The molecule has 0 spiro atoms. The van der Waals surface area contributed by atoms with Crippen LogP contribution in [0.3, 0.4) is 0 Å². The first-order valence-electron chi connectivity index (χ1n) is 19.3. The van der Waals surface area contributed by atoms with Crippen molar-refractivity contribution < 1.29 is 54.3 Å². The van der Waals surface area contributed by atoms with Gasteiger partial charge in [-0.05, 0) is 84.9 Å². The number of anilines is 4. The molecular formula is C44H36N10O11. The molecule has 7 aromatic rings. The van der Waals surface area contributed by atoms with Gasteiger partial charge in [-0.1, -0.05) is 6.07 Å². The Balaban J connectivity index is 0.980. The smallest absolute Gasteiger partial charge is 0.339 e. The van der Waals surface area contributed by atoms with Crippen molar-refractivity contribution in [3.8, 4) is 11.5 Å². The molecule has 4 aromatic carbocycles. The predicted molar refractivity (Wildman–Crippen MR) is 231 cm³/mol. The third-order valence-electron chi connectivity index (χ3n) is 9.89. The average molecular weight is 881 g/mol. The van der Waals surface area contributed by atoms with Crippen molar-refractivity contribution in [3.05, 3.63) is 154 Å². The number of aliphatic hydroxyl groups excluding tert-OH is 2. The van der Waals surface area contributed by atoms with Crippen LogP contribution in [-0.2, 0) is 24.4 Å². The highest BCUT2D eigenvalue weighted by Crippen LogP contribution is 2.33. The molecule has 3 heterocycles. The summed E-state index contributed by atoms with van der Waals surface area (Å²) in [6.45, 7) is -1.67. The highest BCUT2D eigenvalue weighted by molar-refractivity contribution is 6.10. The highest BCUT2D eigenvalue weighted by atomic mass is 16.4. The summed E-state index contributed by atoms with van der Waals surface area (Å²) in [6.07, 6.45) is 4.17. The maximum absolute atomic E-state index is 13.6. The van der Waals surface area contributed by atoms with Gasteiger partial charge in [0.15, 0.2) is 0 Å². The Hall–Kier alpha value is -9.08. The summed E-state index contributed by atoms with van der Waals surface area (Å²) in [5.41, 5.74) is 0.472. The van der Waals surface area contributed by atoms with Crippen LogP contribution in [0.1, 0.15) is 68.7 Å². The maximum Gasteiger partial charge on any atom is 0.339 e. The van der Waals surface area contributed by atoms with Crippen LogP contribution in [0.15, 0.2) is 110 Å². The largest absolute Gasteiger partial charge is 0.507 e. The number of fused-ring (bicyclic) bond motifs is 1. The van der Waals surface area contributed by atoms with E-state index in [1.807, 2.05) is 6.07 Å². The van der Waals surface area contributed by atoms with Gasteiger partial charge in [0.05, 0.1) is 59.4 Å². The lowest BCUT2D eigenvalue weighted by Crippen LogP contribution is -2.45.